The van der Waals surface area contributed by atoms with Crippen LogP contribution in [0.25, 0.3) is 0 Å². The second-order valence-electron chi connectivity index (χ2n) is 9.08. The van der Waals surface area contributed by atoms with E-state index in [-0.39, 0.29) is 23.1 Å². The van der Waals surface area contributed by atoms with Gasteiger partial charge in [0.2, 0.25) is 0 Å². The van der Waals surface area contributed by atoms with Gasteiger partial charge < -0.3 is 4.74 Å². The van der Waals surface area contributed by atoms with E-state index in [1.807, 2.05) is 24.3 Å². The van der Waals surface area contributed by atoms with E-state index in [0.717, 1.165) is 6.42 Å². The van der Waals surface area contributed by atoms with Crippen LogP contribution in [-0.2, 0) is 10.2 Å². The SMILES string of the molecule is CC(C)(C)CC(C)(C)c1ccc(OCC(=O)N/N=C\c2ccc([N+](=O)[O-])cc2)cc1. The number of hydrazone groups is 1. The van der Waals surface area contributed by atoms with E-state index in [2.05, 4.69) is 45.1 Å². The van der Waals surface area contributed by atoms with Crippen LogP contribution in [0.4, 0.5) is 5.69 Å². The van der Waals surface area contributed by atoms with E-state index in [1.54, 1.807) is 12.1 Å². The maximum Gasteiger partial charge on any atom is 0.277 e. The molecule has 0 unspecified atom stereocenters. The summed E-state index contributed by atoms with van der Waals surface area (Å²) in [6.45, 7) is 11.0. The van der Waals surface area contributed by atoms with E-state index < -0.39 is 10.8 Å². The van der Waals surface area contributed by atoms with Crippen molar-refractivity contribution in [2.24, 2.45) is 10.5 Å². The van der Waals surface area contributed by atoms with Crippen LogP contribution in [0.3, 0.4) is 0 Å². The van der Waals surface area contributed by atoms with E-state index in [1.165, 1.54) is 23.9 Å². The first kappa shape index (κ1) is 23.1. The third kappa shape index (κ3) is 7.31. The minimum absolute atomic E-state index is 0.00241. The predicted octanol–water partition coefficient (Wildman–Crippen LogP) is 4.84. The Bertz CT molecular complexity index is 896. The van der Waals surface area contributed by atoms with Gasteiger partial charge >= 0.3 is 0 Å². The Balaban J connectivity index is 1.83. The van der Waals surface area contributed by atoms with Gasteiger partial charge in [0.25, 0.3) is 11.6 Å². The van der Waals surface area contributed by atoms with Crippen molar-refractivity contribution >= 4 is 17.8 Å². The predicted molar refractivity (Wildman–Crippen MR) is 118 cm³/mol. The molecule has 1 N–H and O–H groups in total. The van der Waals surface area contributed by atoms with Gasteiger partial charge in [0.1, 0.15) is 5.75 Å². The molecule has 0 heterocycles. The van der Waals surface area contributed by atoms with Crippen molar-refractivity contribution in [3.63, 3.8) is 0 Å². The first-order chi connectivity index (χ1) is 14.0. The standard InChI is InChI=1S/C23H29N3O4/c1-22(2,3)16-23(4,5)18-8-12-20(13-9-18)30-15-21(27)25-24-14-17-6-10-19(11-7-17)26(28)29/h6-14H,15-16H2,1-5H3,(H,25,27)/b24-14-. The normalized spacial score (nSPS) is 12.0. The van der Waals surface area contributed by atoms with Crippen molar-refractivity contribution < 1.29 is 14.5 Å². The summed E-state index contributed by atoms with van der Waals surface area (Å²) >= 11 is 0. The van der Waals surface area contributed by atoms with Crippen LogP contribution in [0, 0.1) is 15.5 Å². The molecule has 7 nitrogen and oxygen atoms in total. The Hall–Kier alpha value is -3.22. The van der Waals surface area contributed by atoms with Gasteiger partial charge in [-0.25, -0.2) is 5.43 Å². The van der Waals surface area contributed by atoms with E-state index in [9.17, 15) is 14.9 Å². The number of nitrogens with zero attached hydrogens (tertiary/aromatic N) is 2. The summed E-state index contributed by atoms with van der Waals surface area (Å²) in [4.78, 5) is 22.0. The monoisotopic (exact) mass is 411 g/mol. The van der Waals surface area contributed by atoms with Crippen molar-refractivity contribution in [1.29, 1.82) is 0 Å². The molecule has 2 aromatic carbocycles. The van der Waals surface area contributed by atoms with Crippen molar-refractivity contribution in [1.82, 2.24) is 5.43 Å². The van der Waals surface area contributed by atoms with Crippen LogP contribution in [0.2, 0.25) is 0 Å². The fraction of sp³-hybridized carbons (Fsp3) is 0.391. The zero-order valence-electron chi connectivity index (χ0n) is 18.1. The molecule has 160 valence electrons. The third-order valence-corrected chi connectivity index (χ3v) is 4.48. The van der Waals surface area contributed by atoms with Gasteiger partial charge in [-0.15, -0.1) is 0 Å². The van der Waals surface area contributed by atoms with Gasteiger partial charge in [0.15, 0.2) is 6.61 Å². The zero-order valence-corrected chi connectivity index (χ0v) is 18.1. The summed E-state index contributed by atoms with van der Waals surface area (Å²) in [5.74, 6) is 0.213. The van der Waals surface area contributed by atoms with Crippen LogP contribution in [0.1, 0.15) is 52.2 Å². The molecular formula is C23H29N3O4. The van der Waals surface area contributed by atoms with Gasteiger partial charge in [0, 0.05) is 12.1 Å². The molecule has 0 aliphatic heterocycles. The molecule has 0 spiro atoms. The number of carbonyl (C=O) groups is 1. The molecule has 7 heteroatoms. The fourth-order valence-electron chi connectivity index (χ4n) is 3.47. The van der Waals surface area contributed by atoms with Crippen molar-refractivity contribution in [2.45, 2.75) is 46.5 Å². The molecule has 0 radical (unpaired) electrons. The number of non-ortho nitro benzene ring substituents is 1. The molecule has 0 bridgehead atoms. The summed E-state index contributed by atoms with van der Waals surface area (Å²) < 4.78 is 5.52. The molecular weight excluding hydrogens is 382 g/mol. The fourth-order valence-corrected chi connectivity index (χ4v) is 3.47. The smallest absolute Gasteiger partial charge is 0.277 e. The lowest BCUT2D eigenvalue weighted by Crippen LogP contribution is -2.25. The molecule has 2 aromatic rings. The summed E-state index contributed by atoms with van der Waals surface area (Å²) in [5, 5.41) is 14.5. The quantitative estimate of drug-likeness (QED) is 0.382. The highest BCUT2D eigenvalue weighted by molar-refractivity contribution is 5.83. The van der Waals surface area contributed by atoms with Gasteiger partial charge in [-0.2, -0.15) is 5.10 Å². The minimum Gasteiger partial charge on any atom is -0.484 e. The van der Waals surface area contributed by atoms with E-state index in [0.29, 0.717) is 11.3 Å². The largest absolute Gasteiger partial charge is 0.484 e. The summed E-state index contributed by atoms with van der Waals surface area (Å²) in [7, 11) is 0. The molecule has 2 rings (SSSR count). The number of benzene rings is 2. The number of nitro benzene ring substituents is 1. The van der Waals surface area contributed by atoms with Crippen molar-refractivity contribution in [3.05, 3.63) is 69.8 Å². The number of nitro groups is 1. The third-order valence-electron chi connectivity index (χ3n) is 4.48. The molecule has 0 fully saturated rings. The first-order valence-electron chi connectivity index (χ1n) is 9.76. The summed E-state index contributed by atoms with van der Waals surface area (Å²) in [6.07, 6.45) is 2.46. The molecule has 0 aliphatic rings. The highest BCUT2D eigenvalue weighted by Crippen LogP contribution is 2.36. The van der Waals surface area contributed by atoms with Gasteiger partial charge in [-0.3, -0.25) is 14.9 Å². The number of carbonyl (C=O) groups excluding carboxylic acids is 1. The van der Waals surface area contributed by atoms with Gasteiger partial charge in [-0.05, 0) is 52.6 Å². The maximum absolute atomic E-state index is 11.9. The molecule has 0 saturated carbocycles. The van der Waals surface area contributed by atoms with Crippen LogP contribution in [-0.4, -0.2) is 23.7 Å². The van der Waals surface area contributed by atoms with Crippen molar-refractivity contribution in [3.8, 4) is 5.75 Å². The second kappa shape index (κ2) is 9.52. The molecule has 0 saturated heterocycles. The lowest BCUT2D eigenvalue weighted by atomic mass is 9.72. The van der Waals surface area contributed by atoms with Crippen LogP contribution < -0.4 is 10.2 Å². The molecule has 0 atom stereocenters. The Morgan fingerprint density at radius 3 is 2.20 bits per heavy atom. The van der Waals surface area contributed by atoms with E-state index in [4.69, 9.17) is 4.74 Å². The zero-order chi connectivity index (χ0) is 22.4. The Kier molecular flexibility index (Phi) is 7.32. The number of ether oxygens (including phenoxy) is 1. The first-order valence-corrected chi connectivity index (χ1v) is 9.76. The Labute approximate surface area is 177 Å². The lowest BCUT2D eigenvalue weighted by Gasteiger charge is -2.33. The highest BCUT2D eigenvalue weighted by atomic mass is 16.6. The topological polar surface area (TPSA) is 93.8 Å². The molecule has 0 aromatic heterocycles. The van der Waals surface area contributed by atoms with Crippen LogP contribution >= 0.6 is 0 Å². The van der Waals surface area contributed by atoms with Crippen molar-refractivity contribution in [2.75, 3.05) is 6.61 Å². The van der Waals surface area contributed by atoms with Crippen LogP contribution in [0.5, 0.6) is 5.75 Å². The van der Waals surface area contributed by atoms with Gasteiger partial charge in [0.05, 0.1) is 11.1 Å². The Morgan fingerprint density at radius 1 is 1.07 bits per heavy atom. The number of hydrogen-bond acceptors (Lipinski definition) is 5. The number of rotatable bonds is 8. The summed E-state index contributed by atoms with van der Waals surface area (Å²) in [6, 6.07) is 13.6. The number of amides is 1. The average molecular weight is 412 g/mol. The van der Waals surface area contributed by atoms with Gasteiger partial charge in [-0.1, -0.05) is 46.8 Å². The number of nitrogens with one attached hydrogen (secondary N) is 1. The Morgan fingerprint density at radius 2 is 1.67 bits per heavy atom. The minimum atomic E-state index is -0.474. The summed E-state index contributed by atoms with van der Waals surface area (Å²) in [5.41, 5.74) is 4.50. The highest BCUT2D eigenvalue weighted by Gasteiger charge is 2.27. The van der Waals surface area contributed by atoms with E-state index >= 15 is 0 Å². The average Bonchev–Trinajstić information content (AvgIpc) is 2.65. The molecule has 0 aliphatic carbocycles. The molecule has 1 amide bonds. The number of hydrogen-bond donors (Lipinski definition) is 1. The lowest BCUT2D eigenvalue weighted by molar-refractivity contribution is -0.384. The maximum atomic E-state index is 11.9. The molecule has 30 heavy (non-hydrogen) atoms. The second-order valence-corrected chi connectivity index (χ2v) is 9.08. The van der Waals surface area contributed by atoms with Crippen LogP contribution in [0.15, 0.2) is 53.6 Å².